The zero-order valence-electron chi connectivity index (χ0n) is 25.2. The number of benzene rings is 3. The molecule has 11 heteroatoms. The fourth-order valence-electron chi connectivity index (χ4n) is 5.44. The molecule has 1 fully saturated rings. The van der Waals surface area contributed by atoms with E-state index in [4.69, 9.17) is 34.8 Å². The summed E-state index contributed by atoms with van der Waals surface area (Å²) in [7, 11) is -4.21. The van der Waals surface area contributed by atoms with Crippen LogP contribution in [0.4, 0.5) is 5.69 Å². The first kappa shape index (κ1) is 34.1. The zero-order valence-corrected chi connectivity index (χ0v) is 28.2. The second kappa shape index (κ2) is 15.0. The Morgan fingerprint density at radius 3 is 2.16 bits per heavy atom. The molecule has 0 heterocycles. The van der Waals surface area contributed by atoms with Crippen molar-refractivity contribution >= 4 is 62.3 Å². The first-order valence-electron chi connectivity index (χ1n) is 14.8. The third-order valence-corrected chi connectivity index (χ3v) is 10.8. The quantitative estimate of drug-likeness (QED) is 0.225. The topological polar surface area (TPSA) is 86.8 Å². The third-order valence-electron chi connectivity index (χ3n) is 8.15. The minimum absolute atomic E-state index is 0.00676. The van der Waals surface area contributed by atoms with Crippen LogP contribution in [0.2, 0.25) is 15.1 Å². The number of hydrogen-bond acceptors (Lipinski definition) is 4. The molecule has 0 spiro atoms. The van der Waals surface area contributed by atoms with Crippen molar-refractivity contribution in [1.82, 2.24) is 10.2 Å². The van der Waals surface area contributed by atoms with Crippen LogP contribution in [0.25, 0.3) is 0 Å². The van der Waals surface area contributed by atoms with Crippen LogP contribution in [0.3, 0.4) is 0 Å². The number of amides is 2. The maximum Gasteiger partial charge on any atom is 0.264 e. The van der Waals surface area contributed by atoms with E-state index in [9.17, 15) is 18.0 Å². The van der Waals surface area contributed by atoms with Gasteiger partial charge in [-0.3, -0.25) is 13.9 Å². The van der Waals surface area contributed by atoms with Crippen LogP contribution in [0.1, 0.15) is 62.1 Å². The van der Waals surface area contributed by atoms with Crippen LogP contribution in [0.15, 0.2) is 65.6 Å². The van der Waals surface area contributed by atoms with Crippen molar-refractivity contribution < 1.29 is 18.0 Å². The Bertz CT molecular complexity index is 1590. The predicted octanol–water partition coefficient (Wildman–Crippen LogP) is 7.72. The van der Waals surface area contributed by atoms with E-state index in [1.54, 1.807) is 30.3 Å². The van der Waals surface area contributed by atoms with Crippen molar-refractivity contribution in [3.8, 4) is 0 Å². The molecule has 0 aliphatic heterocycles. The van der Waals surface area contributed by atoms with E-state index < -0.39 is 28.5 Å². The average molecular weight is 679 g/mol. The summed E-state index contributed by atoms with van der Waals surface area (Å²) in [5.74, 6) is -0.812. The normalized spacial score (nSPS) is 14.6. The first-order valence-corrected chi connectivity index (χ1v) is 17.4. The Morgan fingerprint density at radius 1 is 0.886 bits per heavy atom. The second-order valence-corrected chi connectivity index (χ2v) is 14.4. The van der Waals surface area contributed by atoms with Crippen LogP contribution >= 0.6 is 34.8 Å². The zero-order chi connectivity index (χ0) is 32.0. The molecule has 3 aromatic carbocycles. The highest BCUT2D eigenvalue weighted by Crippen LogP contribution is 2.29. The summed E-state index contributed by atoms with van der Waals surface area (Å²) in [5, 5.41) is 4.31. The van der Waals surface area contributed by atoms with Gasteiger partial charge >= 0.3 is 0 Å². The van der Waals surface area contributed by atoms with Crippen LogP contribution < -0.4 is 9.62 Å². The molecule has 44 heavy (non-hydrogen) atoms. The number of hydrogen-bond donors (Lipinski definition) is 1. The van der Waals surface area contributed by atoms with E-state index in [0.717, 1.165) is 47.5 Å². The molecule has 4 rings (SSSR count). The van der Waals surface area contributed by atoms with Gasteiger partial charge in [0.15, 0.2) is 0 Å². The maximum atomic E-state index is 14.3. The van der Waals surface area contributed by atoms with Crippen LogP contribution in [-0.2, 0) is 26.2 Å². The van der Waals surface area contributed by atoms with Crippen molar-refractivity contribution in [1.29, 1.82) is 0 Å². The molecular formula is C33H38Cl3N3O4S. The number of sulfonamides is 1. The van der Waals surface area contributed by atoms with E-state index in [1.807, 2.05) is 26.8 Å². The van der Waals surface area contributed by atoms with Gasteiger partial charge in [-0.25, -0.2) is 8.42 Å². The van der Waals surface area contributed by atoms with Crippen LogP contribution in [-0.4, -0.2) is 43.8 Å². The number of halogens is 3. The smallest absolute Gasteiger partial charge is 0.264 e. The molecule has 0 radical (unpaired) electrons. The van der Waals surface area contributed by atoms with Crippen molar-refractivity contribution in [2.45, 2.75) is 82.8 Å². The van der Waals surface area contributed by atoms with Crippen molar-refractivity contribution in [2.75, 3.05) is 10.8 Å². The van der Waals surface area contributed by atoms with Gasteiger partial charge in [0, 0.05) is 27.7 Å². The van der Waals surface area contributed by atoms with Crippen molar-refractivity contribution in [3.05, 3.63) is 92.4 Å². The molecule has 0 aromatic heterocycles. The molecule has 0 saturated heterocycles. The van der Waals surface area contributed by atoms with Gasteiger partial charge in [-0.15, -0.1) is 0 Å². The molecule has 3 aromatic rings. The number of rotatable bonds is 11. The van der Waals surface area contributed by atoms with Gasteiger partial charge in [-0.05, 0) is 98.3 Å². The molecule has 7 nitrogen and oxygen atoms in total. The summed E-state index contributed by atoms with van der Waals surface area (Å²) in [6.45, 7) is 5.10. The summed E-state index contributed by atoms with van der Waals surface area (Å²) >= 11 is 18.7. The van der Waals surface area contributed by atoms with E-state index in [1.165, 1.54) is 29.2 Å². The van der Waals surface area contributed by atoms with Gasteiger partial charge < -0.3 is 10.2 Å². The van der Waals surface area contributed by atoms with E-state index in [-0.39, 0.29) is 23.4 Å². The van der Waals surface area contributed by atoms with Gasteiger partial charge in [-0.1, -0.05) is 73.1 Å². The molecule has 0 bridgehead atoms. The third kappa shape index (κ3) is 8.27. The minimum Gasteiger partial charge on any atom is -0.352 e. The summed E-state index contributed by atoms with van der Waals surface area (Å²) < 4.78 is 29.3. The summed E-state index contributed by atoms with van der Waals surface area (Å²) in [4.78, 5) is 29.5. The molecule has 1 aliphatic rings. The maximum absolute atomic E-state index is 14.3. The van der Waals surface area contributed by atoms with Gasteiger partial charge in [0.2, 0.25) is 11.8 Å². The Kier molecular flexibility index (Phi) is 11.6. The summed E-state index contributed by atoms with van der Waals surface area (Å²) in [6.07, 6.45) is 5.32. The highest BCUT2D eigenvalue weighted by molar-refractivity contribution is 7.92. The number of nitrogens with zero attached hydrogens (tertiary/aromatic N) is 2. The standard InChI is InChI=1S/C33H38Cl3N3O4S/c1-4-31(33(41)37-27-8-6-5-7-9-27)38(20-24-11-12-26(35)19-30(24)36)32(40)21-39(28-15-10-22(2)23(3)18-28)44(42,43)29-16-13-25(34)14-17-29/h10-19,27,31H,4-9,20-21H2,1-3H3,(H,37,41)/t31-/m1/s1. The summed E-state index contributed by atoms with van der Waals surface area (Å²) in [5.41, 5.74) is 2.77. The van der Waals surface area contributed by atoms with Crippen molar-refractivity contribution in [3.63, 3.8) is 0 Å². The minimum atomic E-state index is -4.21. The van der Waals surface area contributed by atoms with Crippen LogP contribution in [0.5, 0.6) is 0 Å². The monoisotopic (exact) mass is 677 g/mol. The lowest BCUT2D eigenvalue weighted by Crippen LogP contribution is -2.54. The Balaban J connectivity index is 1.74. The lowest BCUT2D eigenvalue weighted by molar-refractivity contribution is -0.140. The Morgan fingerprint density at radius 2 is 1.55 bits per heavy atom. The van der Waals surface area contributed by atoms with Gasteiger partial charge in [0.1, 0.15) is 12.6 Å². The molecule has 2 amide bonds. The number of carbonyl (C=O) groups is 2. The number of aryl methyl sites for hydroxylation is 2. The number of carbonyl (C=O) groups excluding carboxylic acids is 2. The highest BCUT2D eigenvalue weighted by atomic mass is 35.5. The second-order valence-electron chi connectivity index (χ2n) is 11.3. The van der Waals surface area contributed by atoms with Gasteiger partial charge in [0.05, 0.1) is 10.6 Å². The van der Waals surface area contributed by atoms with Crippen molar-refractivity contribution in [2.24, 2.45) is 0 Å². The SMILES string of the molecule is CC[C@H](C(=O)NC1CCCCC1)N(Cc1ccc(Cl)cc1Cl)C(=O)CN(c1ccc(C)c(C)c1)S(=O)(=O)c1ccc(Cl)cc1. The molecule has 1 saturated carbocycles. The van der Waals surface area contributed by atoms with E-state index in [0.29, 0.717) is 32.7 Å². The highest BCUT2D eigenvalue weighted by Gasteiger charge is 2.35. The fourth-order valence-corrected chi connectivity index (χ4v) is 7.44. The molecule has 1 atom stereocenters. The number of anilines is 1. The molecule has 1 N–H and O–H groups in total. The molecule has 0 unspecified atom stereocenters. The largest absolute Gasteiger partial charge is 0.352 e. The first-order chi connectivity index (χ1) is 20.9. The van der Waals surface area contributed by atoms with E-state index in [2.05, 4.69) is 5.32 Å². The fraction of sp³-hybridized carbons (Fsp3) is 0.394. The van der Waals surface area contributed by atoms with Crippen LogP contribution in [0, 0.1) is 13.8 Å². The number of nitrogens with one attached hydrogen (secondary N) is 1. The van der Waals surface area contributed by atoms with Gasteiger partial charge in [-0.2, -0.15) is 0 Å². The molecule has 1 aliphatic carbocycles. The lowest BCUT2D eigenvalue weighted by Gasteiger charge is -2.34. The molecule has 236 valence electrons. The average Bonchev–Trinajstić information content (AvgIpc) is 2.99. The predicted molar refractivity (Wildman–Crippen MR) is 178 cm³/mol. The van der Waals surface area contributed by atoms with Gasteiger partial charge in [0.25, 0.3) is 10.0 Å². The molecular weight excluding hydrogens is 641 g/mol. The van der Waals surface area contributed by atoms with E-state index >= 15 is 0 Å². The Hall–Kier alpha value is -2.78. The lowest BCUT2D eigenvalue weighted by atomic mass is 9.95. The Labute approximate surface area is 275 Å². The summed E-state index contributed by atoms with van der Waals surface area (Å²) in [6, 6.07) is 15.2.